The number of hydrogen-bond acceptors (Lipinski definition) is 1. The number of piperidine rings is 1. The molecule has 0 aromatic rings. The molecule has 1 saturated carbocycles. The standard InChI is InChI=1S/C9H17N/c1-2-5-10-7-8-3-4-9(10)6-8/h8-9H,2-7H2,1H3/t8-,9+/m1/s1. The molecule has 1 aliphatic carbocycles. The second-order valence-corrected chi connectivity index (χ2v) is 3.83. The van der Waals surface area contributed by atoms with Crippen LogP contribution in [0.2, 0.25) is 0 Å². The van der Waals surface area contributed by atoms with Gasteiger partial charge in [0, 0.05) is 12.6 Å². The van der Waals surface area contributed by atoms with Crippen molar-refractivity contribution in [3.63, 3.8) is 0 Å². The molecule has 0 spiro atoms. The summed E-state index contributed by atoms with van der Waals surface area (Å²) in [6, 6.07) is 0.991. The molecule has 1 heteroatoms. The van der Waals surface area contributed by atoms with Gasteiger partial charge in [-0.3, -0.25) is 0 Å². The van der Waals surface area contributed by atoms with Gasteiger partial charge in [0.1, 0.15) is 0 Å². The fourth-order valence-corrected chi connectivity index (χ4v) is 2.59. The third-order valence-electron chi connectivity index (χ3n) is 3.03. The Labute approximate surface area is 63.4 Å². The van der Waals surface area contributed by atoms with Gasteiger partial charge < -0.3 is 4.90 Å². The molecular formula is C9H17N. The van der Waals surface area contributed by atoms with Crippen LogP contribution in [0.25, 0.3) is 0 Å². The van der Waals surface area contributed by atoms with E-state index in [-0.39, 0.29) is 0 Å². The van der Waals surface area contributed by atoms with Gasteiger partial charge in [0.25, 0.3) is 0 Å². The summed E-state index contributed by atoms with van der Waals surface area (Å²) in [5.41, 5.74) is 0. The Morgan fingerprint density at radius 2 is 2.30 bits per heavy atom. The van der Waals surface area contributed by atoms with Gasteiger partial charge in [-0.15, -0.1) is 0 Å². The number of hydrogen-bond donors (Lipinski definition) is 0. The molecule has 2 atom stereocenters. The molecule has 2 fully saturated rings. The molecule has 2 aliphatic rings. The highest BCUT2D eigenvalue weighted by molar-refractivity contribution is 4.91. The van der Waals surface area contributed by atoms with Gasteiger partial charge >= 0.3 is 0 Å². The predicted molar refractivity (Wildman–Crippen MR) is 43.0 cm³/mol. The van der Waals surface area contributed by atoms with Crippen molar-refractivity contribution in [1.29, 1.82) is 0 Å². The Morgan fingerprint density at radius 3 is 2.80 bits per heavy atom. The highest BCUT2D eigenvalue weighted by Crippen LogP contribution is 2.36. The number of fused-ring (bicyclic) bond motifs is 2. The summed E-state index contributed by atoms with van der Waals surface area (Å²) < 4.78 is 0. The molecule has 1 aliphatic heterocycles. The van der Waals surface area contributed by atoms with E-state index in [2.05, 4.69) is 11.8 Å². The molecule has 0 unspecified atom stereocenters. The van der Waals surface area contributed by atoms with Crippen molar-refractivity contribution in [1.82, 2.24) is 4.90 Å². The van der Waals surface area contributed by atoms with Crippen molar-refractivity contribution in [2.24, 2.45) is 5.92 Å². The summed E-state index contributed by atoms with van der Waals surface area (Å²) in [6.45, 7) is 5.05. The molecule has 1 nitrogen and oxygen atoms in total. The van der Waals surface area contributed by atoms with Crippen LogP contribution in [0.5, 0.6) is 0 Å². The Balaban J connectivity index is 1.90. The summed E-state index contributed by atoms with van der Waals surface area (Å²) in [7, 11) is 0. The monoisotopic (exact) mass is 139 g/mol. The van der Waals surface area contributed by atoms with E-state index in [4.69, 9.17) is 0 Å². The Morgan fingerprint density at radius 1 is 1.40 bits per heavy atom. The third-order valence-corrected chi connectivity index (χ3v) is 3.03. The Kier molecular flexibility index (Phi) is 1.69. The predicted octanol–water partition coefficient (Wildman–Crippen LogP) is 1.88. The summed E-state index contributed by atoms with van der Waals surface area (Å²) in [5.74, 6) is 1.08. The lowest BCUT2D eigenvalue weighted by Gasteiger charge is -2.25. The molecular weight excluding hydrogens is 122 g/mol. The van der Waals surface area contributed by atoms with Crippen LogP contribution in [0.3, 0.4) is 0 Å². The number of likely N-dealkylation sites (tertiary alicyclic amines) is 1. The van der Waals surface area contributed by atoms with Gasteiger partial charge in [-0.25, -0.2) is 0 Å². The zero-order valence-electron chi connectivity index (χ0n) is 6.84. The van der Waals surface area contributed by atoms with E-state index in [0.717, 1.165) is 12.0 Å². The topological polar surface area (TPSA) is 3.24 Å². The molecule has 0 aromatic heterocycles. The highest BCUT2D eigenvalue weighted by Gasteiger charge is 2.36. The zero-order valence-corrected chi connectivity index (χ0v) is 6.84. The second-order valence-electron chi connectivity index (χ2n) is 3.83. The van der Waals surface area contributed by atoms with E-state index < -0.39 is 0 Å². The van der Waals surface area contributed by atoms with Crippen LogP contribution in [0.4, 0.5) is 0 Å². The minimum atomic E-state index is 0.991. The molecule has 1 saturated heterocycles. The normalized spacial score (nSPS) is 39.3. The molecule has 0 radical (unpaired) electrons. The first-order chi connectivity index (χ1) is 4.90. The van der Waals surface area contributed by atoms with Crippen LogP contribution in [0.1, 0.15) is 32.6 Å². The van der Waals surface area contributed by atoms with Gasteiger partial charge in [0.2, 0.25) is 0 Å². The molecule has 0 N–H and O–H groups in total. The molecule has 2 rings (SSSR count). The first kappa shape index (κ1) is 6.66. The van der Waals surface area contributed by atoms with E-state index in [0.29, 0.717) is 0 Å². The highest BCUT2D eigenvalue weighted by atomic mass is 15.2. The summed E-state index contributed by atoms with van der Waals surface area (Å²) in [4.78, 5) is 2.69. The summed E-state index contributed by atoms with van der Waals surface area (Å²) >= 11 is 0. The summed E-state index contributed by atoms with van der Waals surface area (Å²) in [6.07, 6.45) is 5.86. The minimum absolute atomic E-state index is 0.991. The molecule has 1 heterocycles. The van der Waals surface area contributed by atoms with Gasteiger partial charge in [0.15, 0.2) is 0 Å². The molecule has 58 valence electrons. The maximum absolute atomic E-state index is 2.69. The second kappa shape index (κ2) is 2.54. The van der Waals surface area contributed by atoms with E-state index >= 15 is 0 Å². The first-order valence-corrected chi connectivity index (χ1v) is 4.64. The van der Waals surface area contributed by atoms with Crippen LogP contribution in [0, 0.1) is 5.92 Å². The first-order valence-electron chi connectivity index (χ1n) is 4.64. The van der Waals surface area contributed by atoms with Crippen molar-refractivity contribution in [3.05, 3.63) is 0 Å². The lowest BCUT2D eigenvalue weighted by atomic mass is 10.1. The van der Waals surface area contributed by atoms with E-state index in [1.807, 2.05) is 0 Å². The van der Waals surface area contributed by atoms with E-state index in [9.17, 15) is 0 Å². The van der Waals surface area contributed by atoms with Crippen LogP contribution >= 0.6 is 0 Å². The number of rotatable bonds is 2. The summed E-state index contributed by atoms with van der Waals surface area (Å²) in [5, 5.41) is 0. The van der Waals surface area contributed by atoms with Gasteiger partial charge in [0.05, 0.1) is 0 Å². The smallest absolute Gasteiger partial charge is 0.00985 e. The van der Waals surface area contributed by atoms with Crippen molar-refractivity contribution >= 4 is 0 Å². The molecule has 0 amide bonds. The number of nitrogens with zero attached hydrogens (tertiary/aromatic N) is 1. The fraction of sp³-hybridized carbons (Fsp3) is 1.00. The lowest BCUT2D eigenvalue weighted by Crippen LogP contribution is -2.32. The Bertz CT molecular complexity index is 122. The third kappa shape index (κ3) is 0.968. The minimum Gasteiger partial charge on any atom is -0.300 e. The molecule has 10 heavy (non-hydrogen) atoms. The van der Waals surface area contributed by atoms with Gasteiger partial charge in [-0.05, 0) is 38.1 Å². The maximum Gasteiger partial charge on any atom is 0.00985 e. The maximum atomic E-state index is 2.69. The quantitative estimate of drug-likeness (QED) is 0.564. The van der Waals surface area contributed by atoms with Crippen molar-refractivity contribution in [2.45, 2.75) is 38.6 Å². The Hall–Kier alpha value is -0.0400. The van der Waals surface area contributed by atoms with Crippen LogP contribution in [-0.2, 0) is 0 Å². The average molecular weight is 139 g/mol. The van der Waals surface area contributed by atoms with E-state index in [1.165, 1.54) is 38.8 Å². The van der Waals surface area contributed by atoms with Crippen LogP contribution in [-0.4, -0.2) is 24.0 Å². The molecule has 2 bridgehead atoms. The van der Waals surface area contributed by atoms with Gasteiger partial charge in [-0.1, -0.05) is 6.92 Å². The van der Waals surface area contributed by atoms with Gasteiger partial charge in [-0.2, -0.15) is 0 Å². The van der Waals surface area contributed by atoms with Crippen LogP contribution in [0.15, 0.2) is 0 Å². The average Bonchev–Trinajstić information content (AvgIpc) is 2.48. The van der Waals surface area contributed by atoms with Crippen molar-refractivity contribution in [2.75, 3.05) is 13.1 Å². The lowest BCUT2D eigenvalue weighted by molar-refractivity contribution is 0.214. The van der Waals surface area contributed by atoms with Crippen molar-refractivity contribution in [3.8, 4) is 0 Å². The SMILES string of the molecule is CCCN1C[C@@H]2CC[C@H]1C2. The zero-order chi connectivity index (χ0) is 6.97. The van der Waals surface area contributed by atoms with Crippen LogP contribution < -0.4 is 0 Å². The largest absolute Gasteiger partial charge is 0.300 e. The van der Waals surface area contributed by atoms with Crippen molar-refractivity contribution < 1.29 is 0 Å². The molecule has 0 aromatic carbocycles. The fourth-order valence-electron chi connectivity index (χ4n) is 2.59. The van der Waals surface area contributed by atoms with E-state index in [1.54, 1.807) is 0 Å².